The minimum Gasteiger partial charge on any atom is -0.497 e. The smallest absolute Gasteiger partial charge is 0.143 e. The molecule has 2 rings (SSSR count). The molecule has 72 valence electrons. The number of rotatable bonds is 1. The van der Waals surface area contributed by atoms with E-state index in [4.69, 9.17) is 16.3 Å². The van der Waals surface area contributed by atoms with Crippen LogP contribution in [0.4, 0.5) is 4.39 Å². The molecular weight excluding hydrogens is 207 g/mol. The van der Waals surface area contributed by atoms with Crippen molar-refractivity contribution in [3.8, 4) is 5.75 Å². The van der Waals surface area contributed by atoms with Crippen molar-refractivity contribution in [2.45, 2.75) is 0 Å². The van der Waals surface area contributed by atoms with Crippen LogP contribution in [0.25, 0.3) is 10.9 Å². The van der Waals surface area contributed by atoms with E-state index in [2.05, 4.69) is 9.97 Å². The van der Waals surface area contributed by atoms with E-state index in [-0.39, 0.29) is 10.5 Å². The third-order valence-electron chi connectivity index (χ3n) is 1.85. The predicted molar refractivity (Wildman–Crippen MR) is 51.1 cm³/mol. The van der Waals surface area contributed by atoms with Gasteiger partial charge in [0.05, 0.1) is 18.0 Å². The maximum Gasteiger partial charge on any atom is 0.143 e. The van der Waals surface area contributed by atoms with E-state index in [1.807, 2.05) is 0 Å². The number of hydrogen-bond donors (Lipinski definition) is 0. The molecule has 0 amide bonds. The number of benzene rings is 1. The lowest BCUT2D eigenvalue weighted by atomic mass is 10.2. The Bertz CT molecular complexity index is 489. The van der Waals surface area contributed by atoms with Gasteiger partial charge in [-0.1, -0.05) is 11.6 Å². The molecule has 1 heterocycles. The Labute approximate surface area is 84.5 Å². The number of hydrogen-bond acceptors (Lipinski definition) is 3. The molecule has 0 radical (unpaired) electrons. The largest absolute Gasteiger partial charge is 0.497 e. The zero-order chi connectivity index (χ0) is 10.1. The van der Waals surface area contributed by atoms with Gasteiger partial charge in [-0.2, -0.15) is 0 Å². The normalized spacial score (nSPS) is 10.5. The number of nitrogens with zero attached hydrogens (tertiary/aromatic N) is 2. The monoisotopic (exact) mass is 212 g/mol. The standard InChI is InChI=1S/C9H6ClFN2O/c1-14-5-2-6(11)8-7(3-5)12-4-13-9(8)10/h2-4H,1H3. The van der Waals surface area contributed by atoms with Gasteiger partial charge in [0.1, 0.15) is 23.0 Å². The van der Waals surface area contributed by atoms with Gasteiger partial charge in [-0.3, -0.25) is 0 Å². The van der Waals surface area contributed by atoms with Gasteiger partial charge in [0, 0.05) is 12.1 Å². The van der Waals surface area contributed by atoms with Crippen molar-refractivity contribution in [1.82, 2.24) is 9.97 Å². The Kier molecular flexibility index (Phi) is 2.21. The number of aromatic nitrogens is 2. The Morgan fingerprint density at radius 2 is 2.14 bits per heavy atom. The van der Waals surface area contributed by atoms with Crippen LogP contribution in [0, 0.1) is 5.82 Å². The minimum absolute atomic E-state index is 0.107. The van der Waals surface area contributed by atoms with Crippen LogP contribution in [0.2, 0.25) is 5.15 Å². The SMILES string of the molecule is COc1cc(F)c2c(Cl)ncnc2c1. The second-order valence-electron chi connectivity index (χ2n) is 2.67. The third-order valence-corrected chi connectivity index (χ3v) is 2.14. The molecule has 2 aromatic rings. The molecule has 0 unspecified atom stereocenters. The lowest BCUT2D eigenvalue weighted by molar-refractivity contribution is 0.412. The summed E-state index contributed by atoms with van der Waals surface area (Å²) in [5, 5.41) is 0.324. The zero-order valence-electron chi connectivity index (χ0n) is 7.29. The Morgan fingerprint density at radius 1 is 1.36 bits per heavy atom. The summed E-state index contributed by atoms with van der Waals surface area (Å²) in [5.41, 5.74) is 0.432. The lowest BCUT2D eigenvalue weighted by Gasteiger charge is -2.03. The Balaban J connectivity index is 2.83. The molecule has 1 aromatic carbocycles. The zero-order valence-corrected chi connectivity index (χ0v) is 8.05. The molecule has 5 heteroatoms. The maximum atomic E-state index is 13.5. The molecule has 0 spiro atoms. The third kappa shape index (κ3) is 1.37. The lowest BCUT2D eigenvalue weighted by Crippen LogP contribution is -1.90. The summed E-state index contributed by atoms with van der Waals surface area (Å²) in [4.78, 5) is 7.59. The summed E-state index contributed by atoms with van der Waals surface area (Å²) >= 11 is 5.73. The van der Waals surface area contributed by atoms with Crippen LogP contribution in [0.5, 0.6) is 5.75 Å². The second-order valence-corrected chi connectivity index (χ2v) is 3.03. The van der Waals surface area contributed by atoms with Gasteiger partial charge < -0.3 is 4.74 Å². The number of fused-ring (bicyclic) bond motifs is 1. The molecule has 0 fully saturated rings. The molecular formula is C9H6ClFN2O. The maximum absolute atomic E-state index is 13.5. The van der Waals surface area contributed by atoms with Crippen molar-refractivity contribution in [3.63, 3.8) is 0 Å². The van der Waals surface area contributed by atoms with Gasteiger partial charge in [0.25, 0.3) is 0 Å². The quantitative estimate of drug-likeness (QED) is 0.681. The highest BCUT2D eigenvalue weighted by Gasteiger charge is 2.09. The van der Waals surface area contributed by atoms with Crippen molar-refractivity contribution >= 4 is 22.5 Å². The molecule has 1 aromatic heterocycles. The first kappa shape index (κ1) is 9.15. The van der Waals surface area contributed by atoms with E-state index < -0.39 is 5.82 Å². The van der Waals surface area contributed by atoms with Crippen LogP contribution in [0.1, 0.15) is 0 Å². The topological polar surface area (TPSA) is 35.0 Å². The fraction of sp³-hybridized carbons (Fsp3) is 0.111. The van der Waals surface area contributed by atoms with Crippen molar-refractivity contribution < 1.29 is 9.13 Å². The summed E-state index contributed by atoms with van der Waals surface area (Å²) < 4.78 is 18.3. The van der Waals surface area contributed by atoms with Crippen molar-refractivity contribution in [2.75, 3.05) is 7.11 Å². The number of methoxy groups -OCH3 is 1. The average Bonchev–Trinajstić information content (AvgIpc) is 2.17. The van der Waals surface area contributed by atoms with Crippen molar-refractivity contribution in [2.24, 2.45) is 0 Å². The first-order valence-electron chi connectivity index (χ1n) is 3.86. The van der Waals surface area contributed by atoms with Crippen LogP contribution >= 0.6 is 11.6 Å². The first-order chi connectivity index (χ1) is 6.72. The van der Waals surface area contributed by atoms with Crippen LogP contribution in [0.15, 0.2) is 18.5 Å². The Morgan fingerprint density at radius 3 is 2.86 bits per heavy atom. The number of halogens is 2. The molecule has 0 aliphatic carbocycles. The van der Waals surface area contributed by atoms with Crippen molar-refractivity contribution in [3.05, 3.63) is 29.4 Å². The van der Waals surface area contributed by atoms with E-state index in [0.717, 1.165) is 0 Å². The first-order valence-corrected chi connectivity index (χ1v) is 4.24. The van der Waals surface area contributed by atoms with E-state index in [1.54, 1.807) is 6.07 Å². The van der Waals surface area contributed by atoms with Gasteiger partial charge in [-0.25, -0.2) is 14.4 Å². The average molecular weight is 213 g/mol. The molecule has 3 nitrogen and oxygen atoms in total. The van der Waals surface area contributed by atoms with E-state index in [0.29, 0.717) is 11.3 Å². The molecule has 14 heavy (non-hydrogen) atoms. The van der Waals surface area contributed by atoms with Crippen LogP contribution in [0.3, 0.4) is 0 Å². The molecule has 0 aliphatic heterocycles. The van der Waals surface area contributed by atoms with Crippen molar-refractivity contribution in [1.29, 1.82) is 0 Å². The summed E-state index contributed by atoms with van der Waals surface area (Å²) in [7, 11) is 1.46. The minimum atomic E-state index is -0.482. The highest BCUT2D eigenvalue weighted by Crippen LogP contribution is 2.26. The fourth-order valence-corrected chi connectivity index (χ4v) is 1.43. The molecule has 0 atom stereocenters. The molecule has 0 saturated heterocycles. The van der Waals surface area contributed by atoms with Crippen LogP contribution in [-0.2, 0) is 0 Å². The molecule has 0 aliphatic rings. The van der Waals surface area contributed by atoms with Gasteiger partial charge in [0.2, 0.25) is 0 Å². The van der Waals surface area contributed by atoms with Gasteiger partial charge in [0.15, 0.2) is 0 Å². The van der Waals surface area contributed by atoms with E-state index in [1.165, 1.54) is 19.5 Å². The Hall–Kier alpha value is -1.42. The summed E-state index contributed by atoms with van der Waals surface area (Å²) in [6.07, 6.45) is 1.28. The van der Waals surface area contributed by atoms with Crippen LogP contribution in [-0.4, -0.2) is 17.1 Å². The number of ether oxygens (including phenoxy) is 1. The van der Waals surface area contributed by atoms with E-state index >= 15 is 0 Å². The van der Waals surface area contributed by atoms with E-state index in [9.17, 15) is 4.39 Å². The second kappa shape index (κ2) is 3.38. The molecule has 0 bridgehead atoms. The summed E-state index contributed by atoms with van der Waals surface area (Å²) in [6.45, 7) is 0. The molecule has 0 N–H and O–H groups in total. The van der Waals surface area contributed by atoms with Gasteiger partial charge in [-0.05, 0) is 0 Å². The van der Waals surface area contributed by atoms with Crippen LogP contribution < -0.4 is 4.74 Å². The van der Waals surface area contributed by atoms with Gasteiger partial charge in [-0.15, -0.1) is 0 Å². The summed E-state index contributed by atoms with van der Waals surface area (Å²) in [5.74, 6) is -0.0743. The highest BCUT2D eigenvalue weighted by molar-refractivity contribution is 6.34. The molecule has 0 saturated carbocycles. The highest BCUT2D eigenvalue weighted by atomic mass is 35.5. The fourth-order valence-electron chi connectivity index (χ4n) is 1.20. The van der Waals surface area contributed by atoms with Gasteiger partial charge >= 0.3 is 0 Å². The summed E-state index contributed by atoms with van der Waals surface area (Å²) in [6, 6.07) is 2.85. The predicted octanol–water partition coefficient (Wildman–Crippen LogP) is 2.43.